The van der Waals surface area contributed by atoms with Gasteiger partial charge in [0.15, 0.2) is 5.82 Å². The zero-order valence-electron chi connectivity index (χ0n) is 8.16. The summed E-state index contributed by atoms with van der Waals surface area (Å²) in [5, 5.41) is 4.21. The van der Waals surface area contributed by atoms with Gasteiger partial charge in [0.1, 0.15) is 6.33 Å². The molecule has 2 rings (SSSR count). The molecule has 1 aliphatic carbocycles. The summed E-state index contributed by atoms with van der Waals surface area (Å²) < 4.78 is 1.92. The van der Waals surface area contributed by atoms with Gasteiger partial charge in [0.05, 0.1) is 0 Å². The summed E-state index contributed by atoms with van der Waals surface area (Å²) in [6, 6.07) is 0. The Morgan fingerprint density at radius 2 is 2.23 bits per heavy atom. The van der Waals surface area contributed by atoms with Gasteiger partial charge in [-0.25, -0.2) is 4.98 Å². The smallest absolute Gasteiger partial charge is 0.151 e. The average Bonchev–Trinajstić information content (AvgIpc) is 2.62. The molecule has 0 atom stereocenters. The van der Waals surface area contributed by atoms with Crippen LogP contribution in [-0.4, -0.2) is 14.8 Å². The van der Waals surface area contributed by atoms with E-state index in [0.717, 1.165) is 6.54 Å². The van der Waals surface area contributed by atoms with Crippen LogP contribution in [0.4, 0.5) is 0 Å². The summed E-state index contributed by atoms with van der Waals surface area (Å²) in [6.45, 7) is 7.03. The number of hydrogen-bond donors (Lipinski definition) is 0. The van der Waals surface area contributed by atoms with E-state index >= 15 is 0 Å². The Morgan fingerprint density at radius 1 is 1.54 bits per heavy atom. The van der Waals surface area contributed by atoms with Crippen molar-refractivity contribution in [1.82, 2.24) is 14.8 Å². The van der Waals surface area contributed by atoms with Crippen LogP contribution in [0, 0.1) is 12.3 Å². The van der Waals surface area contributed by atoms with Crippen molar-refractivity contribution in [2.45, 2.75) is 39.2 Å². The van der Waals surface area contributed by atoms with Gasteiger partial charge in [0, 0.05) is 13.5 Å². The highest BCUT2D eigenvalue weighted by Gasteiger charge is 2.29. The van der Waals surface area contributed by atoms with Crippen molar-refractivity contribution in [2.24, 2.45) is 5.41 Å². The van der Waals surface area contributed by atoms with Gasteiger partial charge in [-0.05, 0) is 18.3 Å². The molecule has 0 spiro atoms. The van der Waals surface area contributed by atoms with Crippen LogP contribution >= 0.6 is 0 Å². The minimum absolute atomic E-state index is 0.445. The highest BCUT2D eigenvalue weighted by atomic mass is 15.3. The third-order valence-corrected chi connectivity index (χ3v) is 2.94. The first-order chi connectivity index (χ1) is 6.18. The zero-order valence-corrected chi connectivity index (χ0v) is 8.16. The molecule has 0 bridgehead atoms. The fourth-order valence-corrected chi connectivity index (χ4v) is 2.19. The summed E-state index contributed by atoms with van der Waals surface area (Å²) in [5.41, 5.74) is 0.445. The third-order valence-electron chi connectivity index (χ3n) is 2.94. The van der Waals surface area contributed by atoms with E-state index in [1.165, 1.54) is 25.7 Å². The molecular weight excluding hydrogens is 162 g/mol. The molecule has 71 valence electrons. The summed E-state index contributed by atoms with van der Waals surface area (Å²) >= 11 is 0. The summed E-state index contributed by atoms with van der Waals surface area (Å²) in [6.07, 6.45) is 7.15. The van der Waals surface area contributed by atoms with E-state index in [1.807, 2.05) is 4.68 Å². The van der Waals surface area contributed by atoms with Crippen molar-refractivity contribution in [3.8, 4) is 0 Å². The first-order valence-corrected chi connectivity index (χ1v) is 4.89. The van der Waals surface area contributed by atoms with E-state index in [-0.39, 0.29) is 0 Å². The second kappa shape index (κ2) is 3.13. The average molecular weight is 178 g/mol. The third kappa shape index (κ3) is 1.90. The lowest BCUT2D eigenvalue weighted by Crippen LogP contribution is -2.19. The lowest BCUT2D eigenvalue weighted by Gasteiger charge is -2.22. The first-order valence-electron chi connectivity index (χ1n) is 4.89. The van der Waals surface area contributed by atoms with Crippen molar-refractivity contribution < 1.29 is 0 Å². The van der Waals surface area contributed by atoms with E-state index in [9.17, 15) is 0 Å². The van der Waals surface area contributed by atoms with Gasteiger partial charge in [-0.2, -0.15) is 5.10 Å². The van der Waals surface area contributed by atoms with Crippen molar-refractivity contribution >= 4 is 0 Å². The second-order valence-corrected chi connectivity index (χ2v) is 4.38. The molecule has 1 aromatic rings. The minimum Gasteiger partial charge on any atom is -0.252 e. The molecule has 0 unspecified atom stereocenters. The lowest BCUT2D eigenvalue weighted by molar-refractivity contribution is 0.267. The molecule has 3 heteroatoms. The standard InChI is InChI=1S/C10H16N3/c1-9-11-8-13(12-9)7-10(2)5-3-4-6-10/h8H,1,3-7H2,2H3. The largest absolute Gasteiger partial charge is 0.252 e. The maximum Gasteiger partial charge on any atom is 0.151 e. The van der Waals surface area contributed by atoms with E-state index in [4.69, 9.17) is 0 Å². The van der Waals surface area contributed by atoms with E-state index in [0.29, 0.717) is 11.2 Å². The fraction of sp³-hybridized carbons (Fsp3) is 0.700. The molecule has 0 saturated heterocycles. The van der Waals surface area contributed by atoms with Crippen LogP contribution in [0.25, 0.3) is 0 Å². The van der Waals surface area contributed by atoms with Crippen molar-refractivity contribution in [3.63, 3.8) is 0 Å². The Bertz CT molecular complexity index is 284. The number of hydrogen-bond acceptors (Lipinski definition) is 2. The lowest BCUT2D eigenvalue weighted by atomic mass is 9.89. The summed E-state index contributed by atoms with van der Waals surface area (Å²) in [5.74, 6) is 0.626. The molecule has 0 aliphatic heterocycles. The maximum atomic E-state index is 4.21. The molecule has 1 saturated carbocycles. The topological polar surface area (TPSA) is 30.7 Å². The predicted molar refractivity (Wildman–Crippen MR) is 51.1 cm³/mol. The molecule has 1 fully saturated rings. The van der Waals surface area contributed by atoms with E-state index < -0.39 is 0 Å². The van der Waals surface area contributed by atoms with Crippen LogP contribution in [-0.2, 0) is 6.54 Å². The van der Waals surface area contributed by atoms with Crippen molar-refractivity contribution in [1.29, 1.82) is 0 Å². The molecule has 1 radical (unpaired) electrons. The molecule has 0 aromatic carbocycles. The van der Waals surface area contributed by atoms with Crippen molar-refractivity contribution in [2.75, 3.05) is 0 Å². The highest BCUT2D eigenvalue weighted by molar-refractivity contribution is 4.87. The quantitative estimate of drug-likeness (QED) is 0.693. The Morgan fingerprint density at radius 3 is 2.77 bits per heavy atom. The highest BCUT2D eigenvalue weighted by Crippen LogP contribution is 2.38. The molecule has 0 N–H and O–H groups in total. The number of nitrogens with zero attached hydrogens (tertiary/aromatic N) is 3. The van der Waals surface area contributed by atoms with Crippen molar-refractivity contribution in [3.05, 3.63) is 19.1 Å². The summed E-state index contributed by atoms with van der Waals surface area (Å²) in [7, 11) is 0. The molecular formula is C10H16N3. The van der Waals surface area contributed by atoms with Gasteiger partial charge in [0.2, 0.25) is 0 Å². The SMILES string of the molecule is [CH2]c1ncn(CC2(C)CCCC2)n1. The fourth-order valence-electron chi connectivity index (χ4n) is 2.19. The van der Waals surface area contributed by atoms with E-state index in [2.05, 4.69) is 23.9 Å². The van der Waals surface area contributed by atoms with Crippen LogP contribution in [0.3, 0.4) is 0 Å². The van der Waals surface area contributed by atoms with Crippen LogP contribution in [0.5, 0.6) is 0 Å². The Balaban J connectivity index is 2.04. The van der Waals surface area contributed by atoms with Gasteiger partial charge in [-0.3, -0.25) is 4.68 Å². The molecule has 0 amide bonds. The van der Waals surface area contributed by atoms with E-state index in [1.54, 1.807) is 6.33 Å². The van der Waals surface area contributed by atoms with Gasteiger partial charge in [-0.15, -0.1) is 0 Å². The Hall–Kier alpha value is -0.860. The van der Waals surface area contributed by atoms with Crippen LogP contribution in [0.15, 0.2) is 6.33 Å². The first kappa shape index (κ1) is 8.73. The minimum atomic E-state index is 0.445. The van der Waals surface area contributed by atoms with Crippen LogP contribution < -0.4 is 0 Å². The van der Waals surface area contributed by atoms with Crippen LogP contribution in [0.1, 0.15) is 38.4 Å². The Kier molecular flexibility index (Phi) is 2.10. The maximum absolute atomic E-state index is 4.21. The van der Waals surface area contributed by atoms with Gasteiger partial charge in [0.25, 0.3) is 0 Å². The summed E-state index contributed by atoms with van der Waals surface area (Å²) in [4.78, 5) is 4.03. The molecule has 1 heterocycles. The van der Waals surface area contributed by atoms with Crippen LogP contribution in [0.2, 0.25) is 0 Å². The second-order valence-electron chi connectivity index (χ2n) is 4.38. The molecule has 3 nitrogen and oxygen atoms in total. The Labute approximate surface area is 79.2 Å². The molecule has 1 aliphatic rings. The molecule has 13 heavy (non-hydrogen) atoms. The predicted octanol–water partition coefficient (Wildman–Crippen LogP) is 2.04. The monoisotopic (exact) mass is 178 g/mol. The zero-order chi connectivity index (χ0) is 9.31. The molecule has 1 aromatic heterocycles. The van der Waals surface area contributed by atoms with Gasteiger partial charge in [-0.1, -0.05) is 19.8 Å². The number of aromatic nitrogens is 3. The number of rotatable bonds is 2. The normalized spacial score (nSPS) is 20.8. The van der Waals surface area contributed by atoms with Gasteiger partial charge >= 0.3 is 0 Å². The van der Waals surface area contributed by atoms with Gasteiger partial charge < -0.3 is 0 Å².